The van der Waals surface area contributed by atoms with Crippen molar-refractivity contribution in [3.8, 4) is 5.75 Å². The second-order valence-corrected chi connectivity index (χ2v) is 11.1. The fourth-order valence-electron chi connectivity index (χ4n) is 2.62. The lowest BCUT2D eigenvalue weighted by Gasteiger charge is -2.11. The number of rotatable bonds is 11. The Morgan fingerprint density at radius 2 is 1.76 bits per heavy atom. The van der Waals surface area contributed by atoms with Crippen LogP contribution < -0.4 is 5.43 Å². The van der Waals surface area contributed by atoms with Crippen molar-refractivity contribution >= 4 is 54.0 Å². The van der Waals surface area contributed by atoms with Gasteiger partial charge in [0.25, 0.3) is 10.1 Å². The molecule has 0 aromatic heterocycles. The second-order valence-electron chi connectivity index (χ2n) is 6.44. The molecule has 0 radical (unpaired) electrons. The Labute approximate surface area is 195 Å². The van der Waals surface area contributed by atoms with Crippen molar-refractivity contribution in [2.24, 2.45) is 5.10 Å². The summed E-state index contributed by atoms with van der Waals surface area (Å²) in [5, 5.41) is 21.8. The van der Waals surface area contributed by atoms with E-state index in [1.165, 1.54) is 24.3 Å². The van der Waals surface area contributed by atoms with E-state index in [0.29, 0.717) is 0 Å². The summed E-state index contributed by atoms with van der Waals surface area (Å²) in [6.07, 6.45) is 1.90. The van der Waals surface area contributed by atoms with Crippen molar-refractivity contribution in [2.45, 2.75) is 9.79 Å². The van der Waals surface area contributed by atoms with Crippen molar-refractivity contribution in [3.63, 3.8) is 0 Å². The van der Waals surface area contributed by atoms with E-state index < -0.39 is 53.4 Å². The van der Waals surface area contributed by atoms with Crippen LogP contribution in [0.3, 0.4) is 0 Å². The average Bonchev–Trinajstić information content (AvgIpc) is 2.73. The summed E-state index contributed by atoms with van der Waals surface area (Å²) in [5.74, 6) is -1.37. The van der Waals surface area contributed by atoms with Gasteiger partial charge in [0.1, 0.15) is 11.5 Å². The third kappa shape index (κ3) is 7.17. The Morgan fingerprint density at radius 1 is 1.09 bits per heavy atom. The number of hydrazone groups is 1. The normalized spacial score (nSPS) is 12.8. The Hall–Kier alpha value is -3.15. The van der Waals surface area contributed by atoms with E-state index in [9.17, 15) is 34.9 Å². The molecular formula is C18H19N3O10S3. The Balaban J connectivity index is 2.36. The quantitative estimate of drug-likeness (QED) is 0.157. The van der Waals surface area contributed by atoms with Gasteiger partial charge in [-0.05, 0) is 29.8 Å². The third-order valence-electron chi connectivity index (χ3n) is 4.12. The van der Waals surface area contributed by atoms with Crippen LogP contribution in [-0.2, 0) is 34.5 Å². The zero-order valence-electron chi connectivity index (χ0n) is 17.1. The highest BCUT2D eigenvalue weighted by Gasteiger charge is 2.19. The number of phenolic OH excluding ortho intramolecular Hbond substituents is 1. The lowest BCUT2D eigenvalue weighted by molar-refractivity contribution is 0.284. The number of anilines is 1. The SMILES string of the molecule is C=Cc1cc(S(=O)(=O)O)cc(O)c1/C(C=N)=N\Nc1cccc(S(=O)(=O)CCOS(=O)(=O)O)c1. The molecule has 5 N–H and O–H groups in total. The average molecular weight is 534 g/mol. The van der Waals surface area contributed by atoms with E-state index in [2.05, 4.69) is 21.3 Å². The number of benzene rings is 2. The molecule has 0 saturated heterocycles. The van der Waals surface area contributed by atoms with Gasteiger partial charge in [-0.15, -0.1) is 0 Å². The zero-order valence-corrected chi connectivity index (χ0v) is 19.6. The molecule has 16 heteroatoms. The number of phenols is 1. The largest absolute Gasteiger partial charge is 0.507 e. The monoisotopic (exact) mass is 533 g/mol. The van der Waals surface area contributed by atoms with Crippen LogP contribution in [0.5, 0.6) is 5.75 Å². The lowest BCUT2D eigenvalue weighted by Crippen LogP contribution is -2.15. The lowest BCUT2D eigenvalue weighted by atomic mass is 10.0. The van der Waals surface area contributed by atoms with Crippen molar-refractivity contribution in [1.29, 1.82) is 5.41 Å². The third-order valence-corrected chi connectivity index (χ3v) is 7.09. The molecule has 184 valence electrons. The maximum absolute atomic E-state index is 12.4. The first-order chi connectivity index (χ1) is 15.7. The first-order valence-electron chi connectivity index (χ1n) is 8.94. The van der Waals surface area contributed by atoms with Crippen molar-refractivity contribution in [2.75, 3.05) is 17.8 Å². The number of aromatic hydroxyl groups is 1. The number of nitrogens with one attached hydrogen (secondary N) is 2. The van der Waals surface area contributed by atoms with Gasteiger partial charge in [-0.1, -0.05) is 18.7 Å². The van der Waals surface area contributed by atoms with E-state index in [1.807, 2.05) is 0 Å². The Morgan fingerprint density at radius 3 is 2.32 bits per heavy atom. The molecule has 0 atom stereocenters. The minimum atomic E-state index is -4.80. The number of nitrogens with zero attached hydrogens (tertiary/aromatic N) is 1. The molecule has 0 amide bonds. The molecule has 0 aliphatic rings. The van der Waals surface area contributed by atoms with E-state index in [1.54, 1.807) is 0 Å². The maximum Gasteiger partial charge on any atom is 0.397 e. The summed E-state index contributed by atoms with van der Waals surface area (Å²) in [6, 6.07) is 6.94. The van der Waals surface area contributed by atoms with Crippen LogP contribution in [-0.4, -0.2) is 63.8 Å². The maximum atomic E-state index is 12.4. The molecule has 0 saturated carbocycles. The van der Waals surface area contributed by atoms with E-state index in [-0.39, 0.29) is 27.4 Å². The van der Waals surface area contributed by atoms with Gasteiger partial charge in [0.05, 0.1) is 33.4 Å². The molecule has 0 aliphatic carbocycles. The van der Waals surface area contributed by atoms with Crippen LogP contribution >= 0.6 is 0 Å². The van der Waals surface area contributed by atoms with Gasteiger partial charge in [0, 0.05) is 12.3 Å². The molecule has 0 aliphatic heterocycles. The smallest absolute Gasteiger partial charge is 0.397 e. The number of sulfone groups is 1. The molecule has 0 spiro atoms. The molecule has 2 rings (SSSR count). The van der Waals surface area contributed by atoms with Gasteiger partial charge in [-0.25, -0.2) is 12.6 Å². The number of hydrogen-bond acceptors (Lipinski definition) is 11. The summed E-state index contributed by atoms with van der Waals surface area (Å²) < 4.78 is 90.3. The van der Waals surface area contributed by atoms with Crippen LogP contribution in [0.1, 0.15) is 11.1 Å². The highest BCUT2D eigenvalue weighted by Crippen LogP contribution is 2.28. The standard InChI is InChI=1S/C18H19N3O10S3/c1-2-12-8-15(33(25,26)27)10-17(22)18(12)16(11-19)21-20-13-4-3-5-14(9-13)32(23,24)7-6-31-34(28,29)30/h2-5,8-11,19-20,22H,1,6-7H2,(H,25,26,27)(H,28,29,30)/b19-11?,21-16-. The fraction of sp³-hybridized carbons (Fsp3) is 0.111. The van der Waals surface area contributed by atoms with Crippen molar-refractivity contribution in [1.82, 2.24) is 0 Å². The number of hydrogen-bond donors (Lipinski definition) is 5. The molecule has 13 nitrogen and oxygen atoms in total. The second kappa shape index (κ2) is 10.4. The summed E-state index contributed by atoms with van der Waals surface area (Å²) in [6.45, 7) is 2.69. The topological polar surface area (TPSA) is 221 Å². The predicted molar refractivity (Wildman–Crippen MR) is 123 cm³/mol. The minimum absolute atomic E-state index is 0.0341. The summed E-state index contributed by atoms with van der Waals surface area (Å²) >= 11 is 0. The molecular weight excluding hydrogens is 514 g/mol. The highest BCUT2D eigenvalue weighted by atomic mass is 32.3. The van der Waals surface area contributed by atoms with E-state index >= 15 is 0 Å². The highest BCUT2D eigenvalue weighted by molar-refractivity contribution is 7.91. The summed E-state index contributed by atoms with van der Waals surface area (Å²) in [4.78, 5) is -0.827. The van der Waals surface area contributed by atoms with Crippen LogP contribution in [0, 0.1) is 5.41 Å². The van der Waals surface area contributed by atoms with Crippen LogP contribution in [0.2, 0.25) is 0 Å². The van der Waals surface area contributed by atoms with Gasteiger partial charge < -0.3 is 10.5 Å². The van der Waals surface area contributed by atoms with Gasteiger partial charge in [0.15, 0.2) is 9.84 Å². The summed E-state index contributed by atoms with van der Waals surface area (Å²) in [7, 11) is -13.4. The fourth-order valence-corrected chi connectivity index (χ4v) is 4.69. The van der Waals surface area contributed by atoms with Gasteiger partial charge in [-0.3, -0.25) is 14.5 Å². The first kappa shape index (κ1) is 27.1. The molecule has 0 fully saturated rings. The molecule has 0 heterocycles. The molecule has 0 bridgehead atoms. The van der Waals surface area contributed by atoms with Crippen molar-refractivity contribution in [3.05, 3.63) is 54.1 Å². The molecule has 2 aromatic carbocycles. The molecule has 34 heavy (non-hydrogen) atoms. The van der Waals surface area contributed by atoms with Crippen LogP contribution in [0.15, 0.2) is 57.9 Å². The zero-order chi connectivity index (χ0) is 25.7. The van der Waals surface area contributed by atoms with Gasteiger partial charge in [0.2, 0.25) is 0 Å². The van der Waals surface area contributed by atoms with E-state index in [0.717, 1.165) is 24.4 Å². The van der Waals surface area contributed by atoms with Crippen molar-refractivity contribution < 1.29 is 43.6 Å². The summed E-state index contributed by atoms with van der Waals surface area (Å²) in [5.41, 5.74) is 2.39. The minimum Gasteiger partial charge on any atom is -0.507 e. The van der Waals surface area contributed by atoms with Crippen LogP contribution in [0.25, 0.3) is 6.08 Å². The Kier molecular flexibility index (Phi) is 8.30. The molecule has 0 unspecified atom stereocenters. The van der Waals surface area contributed by atoms with E-state index in [4.69, 9.17) is 9.96 Å². The first-order valence-corrected chi connectivity index (χ1v) is 13.4. The van der Waals surface area contributed by atoms with Crippen LogP contribution in [0.4, 0.5) is 5.69 Å². The van der Waals surface area contributed by atoms with Gasteiger partial charge in [-0.2, -0.15) is 21.9 Å². The Bertz CT molecular complexity index is 1460. The predicted octanol–water partition coefficient (Wildman–Crippen LogP) is 1.34. The van der Waals surface area contributed by atoms with Gasteiger partial charge >= 0.3 is 10.4 Å². The molecule has 2 aromatic rings.